The van der Waals surface area contributed by atoms with E-state index in [-0.39, 0.29) is 21.1 Å². The molecule has 0 radical (unpaired) electrons. The third kappa shape index (κ3) is 138. The second-order valence-corrected chi connectivity index (χ2v) is 2.09. The summed E-state index contributed by atoms with van der Waals surface area (Å²) in [4.78, 5) is 36.6. The number of carbonyl (C=O) groups is 4. The van der Waals surface area contributed by atoms with Crippen LogP contribution in [0.4, 0.5) is 0 Å². The van der Waals surface area contributed by atoms with E-state index in [2.05, 4.69) is 26.3 Å². The fraction of sp³-hybridized carbons (Fsp3) is 0. The summed E-state index contributed by atoms with van der Waals surface area (Å²) in [6, 6.07) is 0. The third-order valence-electron chi connectivity index (χ3n) is 0.667. The Bertz CT molecular complexity index is 301. The van der Waals surface area contributed by atoms with Crippen LogP contribution in [0.25, 0.3) is 0 Å². The minimum atomic E-state index is -1.23. The zero-order chi connectivity index (χ0) is 17.1. The molecule has 0 rings (SSSR count). The number of carboxylic acids is 4. The van der Waals surface area contributed by atoms with Crippen LogP contribution in [-0.2, 0) is 40.2 Å². The van der Waals surface area contributed by atoms with E-state index in [9.17, 15) is 0 Å². The molecule has 0 heterocycles. The van der Waals surface area contributed by atoms with Crippen molar-refractivity contribution in [3.63, 3.8) is 0 Å². The van der Waals surface area contributed by atoms with Gasteiger partial charge in [0, 0.05) is 0 Å². The van der Waals surface area contributed by atoms with Gasteiger partial charge in [-0.1, -0.05) is 26.3 Å². The quantitative estimate of drug-likeness (QED) is 0.350. The smallest absolute Gasteiger partial charge is 0.545 e. The van der Waals surface area contributed by atoms with Crippen molar-refractivity contribution in [2.24, 2.45) is 0 Å². The molecule has 0 amide bonds. The van der Waals surface area contributed by atoms with Crippen LogP contribution in [0.3, 0.4) is 0 Å². The average Bonchev–Trinajstić information content (AvgIpc) is 2.40. The van der Waals surface area contributed by atoms with Crippen LogP contribution in [0.15, 0.2) is 50.6 Å². The first-order chi connectivity index (χ1) is 9.08. The Morgan fingerprint density at radius 3 is 0.571 bits per heavy atom. The van der Waals surface area contributed by atoms with E-state index < -0.39 is 23.9 Å². The summed E-state index contributed by atoms with van der Waals surface area (Å²) in [5.41, 5.74) is 0. The van der Waals surface area contributed by atoms with Gasteiger partial charge >= 0.3 is 21.1 Å². The zero-order valence-electron chi connectivity index (χ0n) is 10.8. The average molecular weight is 380 g/mol. The van der Waals surface area contributed by atoms with E-state index >= 15 is 0 Å². The molecule has 8 nitrogen and oxygen atoms in total. The molecule has 0 atom stereocenters. The van der Waals surface area contributed by atoms with Crippen molar-refractivity contribution < 1.29 is 60.7 Å². The second kappa shape index (κ2) is 26.2. The molecular formula is C12H12MoO8. The number of hydrogen-bond donors (Lipinski definition) is 0. The molecule has 0 bridgehead atoms. The van der Waals surface area contributed by atoms with E-state index in [0.717, 1.165) is 24.3 Å². The van der Waals surface area contributed by atoms with Gasteiger partial charge in [-0.05, 0) is 24.3 Å². The molecule has 21 heavy (non-hydrogen) atoms. The van der Waals surface area contributed by atoms with Gasteiger partial charge < -0.3 is 39.6 Å². The molecule has 0 aromatic heterocycles. The fourth-order valence-corrected chi connectivity index (χ4v) is 0. The summed E-state index contributed by atoms with van der Waals surface area (Å²) in [6.45, 7) is 11.6. The first-order valence-electron chi connectivity index (χ1n) is 4.42. The molecule has 0 aromatic rings. The summed E-state index contributed by atoms with van der Waals surface area (Å²) in [5.74, 6) is -4.93. The van der Waals surface area contributed by atoms with Gasteiger partial charge in [-0.2, -0.15) is 0 Å². The van der Waals surface area contributed by atoms with Crippen molar-refractivity contribution in [2.75, 3.05) is 0 Å². The molecule has 0 aliphatic carbocycles. The van der Waals surface area contributed by atoms with Crippen LogP contribution in [0.1, 0.15) is 0 Å². The number of rotatable bonds is 4. The molecule has 9 heteroatoms. The Hall–Kier alpha value is -2.47. The SMILES string of the molecule is C=CC(=O)[O-].C=CC(=O)[O-].C=CC(=O)[O-].C=CC(=O)[O-].[Mo+4]. The normalized spacial score (nSPS) is 6.10. The predicted octanol–water partition coefficient (Wildman–Crippen LogP) is -4.31. The van der Waals surface area contributed by atoms with Gasteiger partial charge in [0.2, 0.25) is 0 Å². The standard InChI is InChI=1S/4C3H4O2.Mo/c4*1-2-3(4)5;/h4*2H,1H2,(H,4,5);/q;;;;+4/p-4. The first kappa shape index (κ1) is 31.1. The molecule has 0 fully saturated rings. The van der Waals surface area contributed by atoms with Crippen LogP contribution in [0.2, 0.25) is 0 Å². The molecule has 114 valence electrons. The molecule has 0 saturated carbocycles. The summed E-state index contributed by atoms with van der Waals surface area (Å²) in [7, 11) is 0. The Morgan fingerprint density at radius 2 is 0.571 bits per heavy atom. The van der Waals surface area contributed by atoms with Gasteiger partial charge in [-0.3, -0.25) is 0 Å². The molecule has 0 aliphatic heterocycles. The Morgan fingerprint density at radius 1 is 0.524 bits per heavy atom. The summed E-state index contributed by atoms with van der Waals surface area (Å²) >= 11 is 0. The first-order valence-corrected chi connectivity index (χ1v) is 4.42. The van der Waals surface area contributed by atoms with Gasteiger partial charge in [0.1, 0.15) is 0 Å². The van der Waals surface area contributed by atoms with Crippen molar-refractivity contribution in [3.8, 4) is 0 Å². The summed E-state index contributed by atoms with van der Waals surface area (Å²) in [6.07, 6.45) is 2.89. The number of carboxylic acid groups (broad SMARTS) is 4. The molecule has 0 N–H and O–H groups in total. The number of hydrogen-bond acceptors (Lipinski definition) is 8. The fourth-order valence-electron chi connectivity index (χ4n) is 0. The molecule has 0 aromatic carbocycles. The molecule has 0 unspecified atom stereocenters. The minimum absolute atomic E-state index is 0. The van der Waals surface area contributed by atoms with Crippen LogP contribution in [-0.4, -0.2) is 23.9 Å². The number of carbonyl (C=O) groups excluding carboxylic acids is 4. The molecule has 0 aliphatic rings. The largest absolute Gasteiger partial charge is 4.00 e. The van der Waals surface area contributed by atoms with E-state index in [1.165, 1.54) is 0 Å². The van der Waals surface area contributed by atoms with E-state index in [0.29, 0.717) is 0 Å². The predicted molar refractivity (Wildman–Crippen MR) is 60.8 cm³/mol. The van der Waals surface area contributed by atoms with E-state index in [1.807, 2.05) is 0 Å². The topological polar surface area (TPSA) is 161 Å². The van der Waals surface area contributed by atoms with Crippen LogP contribution in [0.5, 0.6) is 0 Å². The molecule has 0 saturated heterocycles. The van der Waals surface area contributed by atoms with Gasteiger partial charge in [0.25, 0.3) is 0 Å². The summed E-state index contributed by atoms with van der Waals surface area (Å²) in [5, 5.41) is 36.6. The zero-order valence-corrected chi connectivity index (χ0v) is 12.8. The third-order valence-corrected chi connectivity index (χ3v) is 0.667. The van der Waals surface area contributed by atoms with Crippen molar-refractivity contribution in [1.82, 2.24) is 0 Å². The van der Waals surface area contributed by atoms with Gasteiger partial charge in [0.15, 0.2) is 0 Å². The Labute approximate surface area is 135 Å². The van der Waals surface area contributed by atoms with Crippen molar-refractivity contribution in [2.45, 2.75) is 0 Å². The van der Waals surface area contributed by atoms with Crippen molar-refractivity contribution >= 4 is 23.9 Å². The van der Waals surface area contributed by atoms with E-state index in [4.69, 9.17) is 39.6 Å². The maximum absolute atomic E-state index is 9.14. The van der Waals surface area contributed by atoms with Crippen LogP contribution in [0, 0.1) is 0 Å². The van der Waals surface area contributed by atoms with E-state index in [1.54, 1.807) is 0 Å². The minimum Gasteiger partial charge on any atom is -0.545 e. The van der Waals surface area contributed by atoms with Crippen LogP contribution < -0.4 is 20.4 Å². The van der Waals surface area contributed by atoms with Gasteiger partial charge in [-0.25, -0.2) is 0 Å². The Balaban J connectivity index is -0.0000000533. The van der Waals surface area contributed by atoms with Crippen molar-refractivity contribution in [1.29, 1.82) is 0 Å². The maximum Gasteiger partial charge on any atom is 4.00 e. The summed E-state index contributed by atoms with van der Waals surface area (Å²) < 4.78 is 0. The second-order valence-electron chi connectivity index (χ2n) is 2.09. The van der Waals surface area contributed by atoms with Gasteiger partial charge in [0.05, 0.1) is 23.9 Å². The van der Waals surface area contributed by atoms with Crippen LogP contribution >= 0.6 is 0 Å². The van der Waals surface area contributed by atoms with Gasteiger partial charge in [-0.15, -0.1) is 0 Å². The molecular weight excluding hydrogens is 368 g/mol. The monoisotopic (exact) mass is 382 g/mol. The molecule has 0 spiro atoms. The maximum atomic E-state index is 9.14. The Kier molecular flexibility index (Phi) is 38.8. The number of aliphatic carboxylic acids is 4. The van der Waals surface area contributed by atoms with Crippen molar-refractivity contribution in [3.05, 3.63) is 50.6 Å².